The number of pyridine rings is 1. The molecular formula is C11H13N3O2S. The Morgan fingerprint density at radius 2 is 2.53 bits per heavy atom. The van der Waals surface area contributed by atoms with E-state index in [0.717, 1.165) is 5.56 Å². The number of rotatable bonds is 5. The summed E-state index contributed by atoms with van der Waals surface area (Å²) in [5.41, 5.74) is 6.84. The van der Waals surface area contributed by atoms with Crippen LogP contribution in [0.3, 0.4) is 0 Å². The van der Waals surface area contributed by atoms with Crippen LogP contribution >= 0.6 is 11.8 Å². The molecule has 5 nitrogen and oxygen atoms in total. The Hall–Kier alpha value is -1.58. The van der Waals surface area contributed by atoms with Crippen LogP contribution in [0.1, 0.15) is 11.3 Å². The van der Waals surface area contributed by atoms with Crippen molar-refractivity contribution >= 4 is 17.7 Å². The monoisotopic (exact) mass is 251 g/mol. The summed E-state index contributed by atoms with van der Waals surface area (Å²) >= 11 is 1.47. The van der Waals surface area contributed by atoms with E-state index in [0.29, 0.717) is 17.2 Å². The largest absolute Gasteiger partial charge is 0.468 e. The van der Waals surface area contributed by atoms with Crippen molar-refractivity contribution in [3.8, 4) is 6.07 Å². The topological polar surface area (TPSA) is 89.0 Å². The van der Waals surface area contributed by atoms with Gasteiger partial charge in [0.15, 0.2) is 0 Å². The Labute approximate surface area is 104 Å². The molecule has 0 saturated heterocycles. The first-order valence-corrected chi connectivity index (χ1v) is 6.09. The van der Waals surface area contributed by atoms with Crippen molar-refractivity contribution < 1.29 is 9.53 Å². The van der Waals surface area contributed by atoms with Gasteiger partial charge in [0.2, 0.25) is 0 Å². The van der Waals surface area contributed by atoms with Crippen LogP contribution in [0.2, 0.25) is 0 Å². The van der Waals surface area contributed by atoms with E-state index in [1.807, 2.05) is 12.1 Å². The smallest absolute Gasteiger partial charge is 0.323 e. The van der Waals surface area contributed by atoms with Crippen LogP contribution in [0.15, 0.2) is 18.3 Å². The molecule has 17 heavy (non-hydrogen) atoms. The van der Waals surface area contributed by atoms with Gasteiger partial charge in [0.25, 0.3) is 0 Å². The van der Waals surface area contributed by atoms with Crippen molar-refractivity contribution in [1.29, 1.82) is 5.26 Å². The molecule has 1 rings (SSSR count). The van der Waals surface area contributed by atoms with Crippen LogP contribution < -0.4 is 5.73 Å². The van der Waals surface area contributed by atoms with Gasteiger partial charge in [-0.05, 0) is 11.6 Å². The summed E-state index contributed by atoms with van der Waals surface area (Å²) in [5, 5.41) is 8.83. The summed E-state index contributed by atoms with van der Waals surface area (Å²) in [7, 11) is 1.31. The molecule has 1 aromatic heterocycles. The van der Waals surface area contributed by atoms with Gasteiger partial charge in [-0.3, -0.25) is 4.79 Å². The second kappa shape index (κ2) is 6.89. The van der Waals surface area contributed by atoms with Crippen molar-refractivity contribution in [3.05, 3.63) is 29.6 Å². The van der Waals surface area contributed by atoms with Crippen molar-refractivity contribution in [1.82, 2.24) is 4.98 Å². The summed E-state index contributed by atoms with van der Waals surface area (Å²) in [5.74, 6) is 0.623. The summed E-state index contributed by atoms with van der Waals surface area (Å²) in [6.45, 7) is 0. The third kappa shape index (κ3) is 4.06. The zero-order chi connectivity index (χ0) is 12.7. The quantitative estimate of drug-likeness (QED) is 0.774. The van der Waals surface area contributed by atoms with Crippen LogP contribution in [-0.2, 0) is 15.3 Å². The number of carbonyl (C=O) groups excluding carboxylic acids is 1. The van der Waals surface area contributed by atoms with Crippen molar-refractivity contribution in [2.45, 2.75) is 11.8 Å². The molecule has 6 heteroatoms. The Balaban J connectivity index is 2.46. The minimum atomic E-state index is -0.632. The summed E-state index contributed by atoms with van der Waals surface area (Å²) < 4.78 is 4.52. The maximum absolute atomic E-state index is 11.1. The minimum Gasteiger partial charge on any atom is -0.468 e. The molecule has 0 aliphatic carbocycles. The summed E-state index contributed by atoms with van der Waals surface area (Å²) in [6.07, 6.45) is 1.58. The number of thioether (sulfide) groups is 1. The molecule has 0 fully saturated rings. The second-order valence-electron chi connectivity index (χ2n) is 3.27. The first-order valence-electron chi connectivity index (χ1n) is 4.94. The van der Waals surface area contributed by atoms with Crippen LogP contribution in [0.4, 0.5) is 0 Å². The average molecular weight is 251 g/mol. The molecule has 1 aromatic rings. The van der Waals surface area contributed by atoms with Gasteiger partial charge in [-0.15, -0.1) is 0 Å². The highest BCUT2D eigenvalue weighted by Gasteiger charge is 2.13. The van der Waals surface area contributed by atoms with Gasteiger partial charge in [0, 0.05) is 17.7 Å². The predicted molar refractivity (Wildman–Crippen MR) is 65.1 cm³/mol. The fraction of sp³-hybridized carbons (Fsp3) is 0.364. The van der Waals surface area contributed by atoms with Gasteiger partial charge in [0.1, 0.15) is 17.8 Å². The molecule has 1 atom stereocenters. The molecule has 0 saturated carbocycles. The van der Waals surface area contributed by atoms with E-state index in [2.05, 4.69) is 9.72 Å². The molecular weight excluding hydrogens is 238 g/mol. The van der Waals surface area contributed by atoms with Gasteiger partial charge in [-0.1, -0.05) is 6.07 Å². The summed E-state index contributed by atoms with van der Waals surface area (Å²) in [4.78, 5) is 15.0. The first kappa shape index (κ1) is 13.5. The average Bonchev–Trinajstić information content (AvgIpc) is 2.38. The molecule has 0 radical (unpaired) electrons. The lowest BCUT2D eigenvalue weighted by atomic mass is 10.2. The van der Waals surface area contributed by atoms with Crippen molar-refractivity contribution in [2.24, 2.45) is 5.73 Å². The second-order valence-corrected chi connectivity index (χ2v) is 4.30. The third-order valence-corrected chi connectivity index (χ3v) is 3.17. The Kier molecular flexibility index (Phi) is 5.46. The van der Waals surface area contributed by atoms with E-state index < -0.39 is 12.0 Å². The number of carbonyl (C=O) groups is 1. The molecule has 0 aromatic carbocycles. The number of methoxy groups -OCH3 is 1. The Morgan fingerprint density at radius 1 is 1.76 bits per heavy atom. The first-order chi connectivity index (χ1) is 8.19. The Morgan fingerprint density at radius 3 is 3.18 bits per heavy atom. The van der Waals surface area contributed by atoms with Gasteiger partial charge >= 0.3 is 5.97 Å². The zero-order valence-corrected chi connectivity index (χ0v) is 10.2. The molecule has 0 aliphatic heterocycles. The number of hydrogen-bond donors (Lipinski definition) is 1. The molecule has 0 amide bonds. The minimum absolute atomic E-state index is 0.409. The lowest BCUT2D eigenvalue weighted by Gasteiger charge is -2.08. The number of aromatic nitrogens is 1. The van der Waals surface area contributed by atoms with E-state index in [-0.39, 0.29) is 0 Å². The number of ether oxygens (including phenoxy) is 1. The molecule has 2 N–H and O–H groups in total. The highest BCUT2D eigenvalue weighted by atomic mass is 32.2. The molecule has 0 spiro atoms. The van der Waals surface area contributed by atoms with E-state index in [1.54, 1.807) is 12.3 Å². The number of nitrogens with two attached hydrogens (primary N) is 1. The summed E-state index contributed by atoms with van der Waals surface area (Å²) in [6, 6.07) is 5.00. The van der Waals surface area contributed by atoms with Crippen LogP contribution in [0.25, 0.3) is 0 Å². The van der Waals surface area contributed by atoms with Crippen LogP contribution in [-0.4, -0.2) is 29.9 Å². The van der Waals surface area contributed by atoms with Crippen LogP contribution in [0, 0.1) is 11.3 Å². The fourth-order valence-electron chi connectivity index (χ4n) is 1.17. The number of esters is 1. The number of hydrogen-bond acceptors (Lipinski definition) is 6. The molecule has 0 bridgehead atoms. The molecule has 90 valence electrons. The third-order valence-electron chi connectivity index (χ3n) is 2.06. The number of nitrogens with zero attached hydrogens (tertiary/aromatic N) is 2. The number of nitriles is 1. The molecule has 1 unspecified atom stereocenters. The van der Waals surface area contributed by atoms with Gasteiger partial charge in [-0.25, -0.2) is 4.98 Å². The van der Waals surface area contributed by atoms with Crippen LogP contribution in [0.5, 0.6) is 0 Å². The van der Waals surface area contributed by atoms with Gasteiger partial charge < -0.3 is 10.5 Å². The maximum atomic E-state index is 11.1. The molecule has 1 heterocycles. The van der Waals surface area contributed by atoms with E-state index >= 15 is 0 Å². The van der Waals surface area contributed by atoms with Gasteiger partial charge in [0.05, 0.1) is 7.11 Å². The fourth-order valence-corrected chi connectivity index (χ4v) is 2.13. The van der Waals surface area contributed by atoms with E-state index in [9.17, 15) is 4.79 Å². The standard InChI is InChI=1S/C11H13N3O2S/c1-16-11(15)9(13)7-17-6-8-3-2-4-14-10(8)5-12/h2-4,9H,6-7,13H2,1H3. The normalized spacial score (nSPS) is 11.6. The van der Waals surface area contributed by atoms with E-state index in [4.69, 9.17) is 11.0 Å². The van der Waals surface area contributed by atoms with Crippen molar-refractivity contribution in [2.75, 3.05) is 12.9 Å². The van der Waals surface area contributed by atoms with Gasteiger partial charge in [-0.2, -0.15) is 17.0 Å². The highest BCUT2D eigenvalue weighted by Crippen LogP contribution is 2.15. The lowest BCUT2D eigenvalue weighted by molar-refractivity contribution is -0.141. The predicted octanol–water partition coefficient (Wildman–Crippen LogP) is 0.687. The van der Waals surface area contributed by atoms with Crippen molar-refractivity contribution in [3.63, 3.8) is 0 Å². The maximum Gasteiger partial charge on any atom is 0.323 e. The Bertz CT molecular complexity index is 431. The molecule has 0 aliphatic rings. The van der Waals surface area contributed by atoms with E-state index in [1.165, 1.54) is 18.9 Å². The SMILES string of the molecule is COC(=O)C(N)CSCc1cccnc1C#N. The lowest BCUT2D eigenvalue weighted by Crippen LogP contribution is -2.33. The zero-order valence-electron chi connectivity index (χ0n) is 9.42. The highest BCUT2D eigenvalue weighted by molar-refractivity contribution is 7.98.